The number of pyridine rings is 2. The summed E-state index contributed by atoms with van der Waals surface area (Å²) in [5, 5.41) is 0.546. The fraction of sp³-hybridized carbons (Fsp3) is 0.211. The molecule has 0 bridgehead atoms. The first-order valence-electron chi connectivity index (χ1n) is 8.30. The van der Waals surface area contributed by atoms with Crippen LogP contribution in [0.4, 0.5) is 19.3 Å². The van der Waals surface area contributed by atoms with E-state index in [0.717, 1.165) is 12.1 Å². The topological polar surface area (TPSA) is 73.8 Å². The van der Waals surface area contributed by atoms with Gasteiger partial charge in [-0.25, -0.2) is 18.6 Å². The van der Waals surface area contributed by atoms with Gasteiger partial charge in [0.05, 0.1) is 26.5 Å². The van der Waals surface area contributed by atoms with E-state index >= 15 is 0 Å². The standard InChI is InChI=1S/C19H15F2N3O4/c1-26-11-5-14(20)13(15(21)6-11)8-24-17-10(9-28-19(24)25)7-22-18-12(17)3-4-16(23-18)27-2/h3-7H,8-9H2,1-2H3. The van der Waals surface area contributed by atoms with E-state index in [2.05, 4.69) is 9.97 Å². The van der Waals surface area contributed by atoms with E-state index in [1.807, 2.05) is 0 Å². The molecule has 28 heavy (non-hydrogen) atoms. The number of anilines is 1. The van der Waals surface area contributed by atoms with Crippen LogP contribution in [0.5, 0.6) is 11.6 Å². The Labute approximate surface area is 158 Å². The zero-order valence-electron chi connectivity index (χ0n) is 15.0. The lowest BCUT2D eigenvalue weighted by atomic mass is 10.1. The first-order valence-corrected chi connectivity index (χ1v) is 8.30. The Morgan fingerprint density at radius 2 is 1.93 bits per heavy atom. The Bertz CT molecular complexity index is 1070. The minimum absolute atomic E-state index is 0.00716. The molecule has 0 saturated carbocycles. The highest BCUT2D eigenvalue weighted by Crippen LogP contribution is 2.36. The number of carbonyl (C=O) groups excluding carboxylic acids is 1. The smallest absolute Gasteiger partial charge is 0.414 e. The van der Waals surface area contributed by atoms with Crippen LogP contribution in [-0.2, 0) is 17.9 Å². The molecule has 1 aliphatic rings. The Kier molecular flexibility index (Phi) is 4.42. The Morgan fingerprint density at radius 1 is 1.18 bits per heavy atom. The van der Waals surface area contributed by atoms with Gasteiger partial charge in [0.25, 0.3) is 0 Å². The van der Waals surface area contributed by atoms with Gasteiger partial charge in [0, 0.05) is 40.9 Å². The molecule has 144 valence electrons. The summed E-state index contributed by atoms with van der Waals surface area (Å²) in [7, 11) is 2.79. The highest BCUT2D eigenvalue weighted by molar-refractivity contribution is 6.01. The maximum absolute atomic E-state index is 14.4. The summed E-state index contributed by atoms with van der Waals surface area (Å²) in [5.41, 5.74) is 1.12. The monoisotopic (exact) mass is 387 g/mol. The average molecular weight is 387 g/mol. The number of amides is 1. The van der Waals surface area contributed by atoms with Crippen molar-refractivity contribution in [3.05, 3.63) is 53.2 Å². The molecule has 9 heteroatoms. The summed E-state index contributed by atoms with van der Waals surface area (Å²) in [6.45, 7) is -0.355. The molecular weight excluding hydrogens is 372 g/mol. The largest absolute Gasteiger partial charge is 0.497 e. The Balaban J connectivity index is 1.84. The van der Waals surface area contributed by atoms with Gasteiger partial charge in [-0.1, -0.05) is 0 Å². The maximum atomic E-state index is 14.4. The van der Waals surface area contributed by atoms with E-state index in [0.29, 0.717) is 28.2 Å². The number of benzene rings is 1. The molecule has 3 heterocycles. The fourth-order valence-corrected chi connectivity index (χ4v) is 3.08. The van der Waals surface area contributed by atoms with E-state index in [4.69, 9.17) is 14.2 Å². The van der Waals surface area contributed by atoms with Gasteiger partial charge in [-0.2, -0.15) is 4.98 Å². The minimum atomic E-state index is -0.824. The number of hydrogen-bond donors (Lipinski definition) is 0. The third-order valence-electron chi connectivity index (χ3n) is 4.47. The highest BCUT2D eigenvalue weighted by Gasteiger charge is 2.30. The molecule has 0 aliphatic carbocycles. The molecule has 0 fully saturated rings. The molecule has 1 aromatic carbocycles. The maximum Gasteiger partial charge on any atom is 0.414 e. The van der Waals surface area contributed by atoms with Gasteiger partial charge in [0.1, 0.15) is 24.0 Å². The van der Waals surface area contributed by atoms with Crippen LogP contribution in [-0.4, -0.2) is 30.3 Å². The van der Waals surface area contributed by atoms with Gasteiger partial charge in [0.15, 0.2) is 5.65 Å². The van der Waals surface area contributed by atoms with Crippen molar-refractivity contribution in [2.75, 3.05) is 19.1 Å². The van der Waals surface area contributed by atoms with E-state index in [1.165, 1.54) is 25.3 Å². The van der Waals surface area contributed by atoms with Crippen molar-refractivity contribution in [1.82, 2.24) is 9.97 Å². The molecule has 1 aliphatic heterocycles. The molecule has 0 saturated heterocycles. The molecule has 1 amide bonds. The highest BCUT2D eigenvalue weighted by atomic mass is 19.1. The van der Waals surface area contributed by atoms with Crippen LogP contribution < -0.4 is 14.4 Å². The fourth-order valence-electron chi connectivity index (χ4n) is 3.08. The summed E-state index contributed by atoms with van der Waals surface area (Å²) in [4.78, 5) is 22.1. The number of nitrogens with zero attached hydrogens (tertiary/aromatic N) is 3. The molecule has 0 unspecified atom stereocenters. The van der Waals surface area contributed by atoms with Crippen molar-refractivity contribution in [2.24, 2.45) is 0 Å². The normalized spacial score (nSPS) is 13.3. The zero-order chi connectivity index (χ0) is 19.8. The third-order valence-corrected chi connectivity index (χ3v) is 4.47. The van der Waals surface area contributed by atoms with E-state index < -0.39 is 17.7 Å². The summed E-state index contributed by atoms with van der Waals surface area (Å²) in [6.07, 6.45) is 0.801. The van der Waals surface area contributed by atoms with E-state index in [1.54, 1.807) is 12.1 Å². The number of ether oxygens (including phenoxy) is 3. The summed E-state index contributed by atoms with van der Waals surface area (Å²) >= 11 is 0. The number of carbonyl (C=O) groups is 1. The molecule has 2 aromatic heterocycles. The second-order valence-corrected chi connectivity index (χ2v) is 6.07. The van der Waals surface area contributed by atoms with Crippen molar-refractivity contribution in [3.8, 4) is 11.6 Å². The average Bonchev–Trinajstić information content (AvgIpc) is 2.70. The third kappa shape index (κ3) is 2.94. The van der Waals surface area contributed by atoms with Crippen molar-refractivity contribution in [1.29, 1.82) is 0 Å². The Morgan fingerprint density at radius 3 is 2.61 bits per heavy atom. The lowest BCUT2D eigenvalue weighted by molar-refractivity contribution is 0.141. The van der Waals surface area contributed by atoms with Crippen LogP contribution in [0.1, 0.15) is 11.1 Å². The molecule has 0 spiro atoms. The molecule has 0 atom stereocenters. The van der Waals surface area contributed by atoms with Gasteiger partial charge >= 0.3 is 6.09 Å². The lowest BCUT2D eigenvalue weighted by Crippen LogP contribution is -2.36. The molecule has 7 nitrogen and oxygen atoms in total. The summed E-state index contributed by atoms with van der Waals surface area (Å²) in [6, 6.07) is 5.44. The minimum Gasteiger partial charge on any atom is -0.497 e. The number of cyclic esters (lactones) is 1. The van der Waals surface area contributed by atoms with Gasteiger partial charge in [-0.05, 0) is 6.07 Å². The van der Waals surface area contributed by atoms with Crippen LogP contribution in [0.3, 0.4) is 0 Å². The quantitative estimate of drug-likeness (QED) is 0.681. The van der Waals surface area contributed by atoms with Gasteiger partial charge in [-0.15, -0.1) is 0 Å². The number of aromatic nitrogens is 2. The molecular formula is C19H15F2N3O4. The number of methoxy groups -OCH3 is 2. The number of halogens is 2. The van der Waals surface area contributed by atoms with Crippen LogP contribution in [0, 0.1) is 11.6 Å². The first kappa shape index (κ1) is 17.9. The van der Waals surface area contributed by atoms with Crippen LogP contribution in [0.15, 0.2) is 30.5 Å². The van der Waals surface area contributed by atoms with Crippen molar-refractivity contribution in [3.63, 3.8) is 0 Å². The predicted molar refractivity (Wildman–Crippen MR) is 95.4 cm³/mol. The van der Waals surface area contributed by atoms with Crippen molar-refractivity contribution < 1.29 is 27.8 Å². The lowest BCUT2D eigenvalue weighted by Gasteiger charge is -2.30. The first-order chi connectivity index (χ1) is 13.5. The van der Waals surface area contributed by atoms with Gasteiger partial charge in [0.2, 0.25) is 5.88 Å². The predicted octanol–water partition coefficient (Wildman–Crippen LogP) is 3.58. The van der Waals surface area contributed by atoms with Gasteiger partial charge < -0.3 is 14.2 Å². The van der Waals surface area contributed by atoms with Crippen LogP contribution in [0.2, 0.25) is 0 Å². The second kappa shape index (κ2) is 6.91. The second-order valence-electron chi connectivity index (χ2n) is 6.07. The zero-order valence-corrected chi connectivity index (χ0v) is 15.0. The SMILES string of the molecule is COc1cc(F)c(CN2C(=O)OCc3cnc4nc(OC)ccc4c32)c(F)c1. The number of fused-ring (bicyclic) bond motifs is 3. The summed E-state index contributed by atoms with van der Waals surface area (Å²) < 4.78 is 44.0. The number of rotatable bonds is 4. The van der Waals surface area contributed by atoms with Crippen molar-refractivity contribution in [2.45, 2.75) is 13.2 Å². The van der Waals surface area contributed by atoms with Crippen LogP contribution >= 0.6 is 0 Å². The molecule has 4 rings (SSSR count). The molecule has 3 aromatic rings. The van der Waals surface area contributed by atoms with Crippen LogP contribution in [0.25, 0.3) is 11.0 Å². The summed E-state index contributed by atoms with van der Waals surface area (Å²) in [5.74, 6) is -1.24. The van der Waals surface area contributed by atoms with E-state index in [-0.39, 0.29) is 24.5 Å². The molecule has 0 N–H and O–H groups in total. The molecule has 0 radical (unpaired) electrons. The Hall–Kier alpha value is -3.49. The van der Waals surface area contributed by atoms with Gasteiger partial charge in [-0.3, -0.25) is 4.90 Å². The number of hydrogen-bond acceptors (Lipinski definition) is 6. The van der Waals surface area contributed by atoms with E-state index in [9.17, 15) is 13.6 Å². The van der Waals surface area contributed by atoms with Crippen molar-refractivity contribution >= 4 is 22.8 Å².